The van der Waals surface area contributed by atoms with Crippen molar-refractivity contribution >= 4 is 39.3 Å². The molecule has 2 N–H and O–H groups in total. The minimum absolute atomic E-state index is 0.148. The van der Waals surface area contributed by atoms with Crippen molar-refractivity contribution in [3.05, 3.63) is 46.6 Å². The van der Waals surface area contributed by atoms with Gasteiger partial charge >= 0.3 is 11.9 Å². The van der Waals surface area contributed by atoms with Crippen molar-refractivity contribution in [1.82, 2.24) is 4.98 Å². The molecular formula is C29H40N2O6S2. The van der Waals surface area contributed by atoms with E-state index in [4.69, 9.17) is 14.2 Å². The van der Waals surface area contributed by atoms with Crippen LogP contribution in [-0.2, 0) is 37.7 Å². The van der Waals surface area contributed by atoms with Crippen molar-refractivity contribution in [2.75, 3.05) is 18.3 Å². The van der Waals surface area contributed by atoms with Gasteiger partial charge in [-0.1, -0.05) is 41.4 Å². The summed E-state index contributed by atoms with van der Waals surface area (Å²) in [5.74, 6) is 2.10. The number of fused-ring (bicyclic) bond motifs is 3. The lowest BCUT2D eigenvalue weighted by molar-refractivity contribution is -0.153. The number of nitrogens with one attached hydrogen (secondary N) is 1. The summed E-state index contributed by atoms with van der Waals surface area (Å²) < 4.78 is 16.9. The molecule has 0 aliphatic carbocycles. The SMILES string of the molecule is CCCCC[C@@H](C[C@@H](CCc1cc(OC)c(O)c2c1CSSCNc1cc(ccn1)C2)OC(C)=O)OC(C)=O. The highest BCUT2D eigenvalue weighted by Crippen LogP contribution is 2.41. The number of rotatable bonds is 12. The first-order valence-electron chi connectivity index (χ1n) is 13.5. The monoisotopic (exact) mass is 576 g/mol. The summed E-state index contributed by atoms with van der Waals surface area (Å²) in [6.07, 6.45) is 7.05. The van der Waals surface area contributed by atoms with Crippen molar-refractivity contribution in [3.8, 4) is 11.5 Å². The average molecular weight is 577 g/mol. The highest BCUT2D eigenvalue weighted by Gasteiger charge is 2.24. The van der Waals surface area contributed by atoms with Crippen molar-refractivity contribution < 1.29 is 28.9 Å². The molecule has 0 saturated carbocycles. The van der Waals surface area contributed by atoms with Gasteiger partial charge in [-0.25, -0.2) is 4.98 Å². The molecular weight excluding hydrogens is 536 g/mol. The summed E-state index contributed by atoms with van der Waals surface area (Å²) in [6, 6.07) is 5.85. The van der Waals surface area contributed by atoms with Gasteiger partial charge in [-0.2, -0.15) is 0 Å². The summed E-state index contributed by atoms with van der Waals surface area (Å²) in [7, 11) is 4.95. The number of anilines is 1. The Morgan fingerprint density at radius 1 is 1.08 bits per heavy atom. The fourth-order valence-corrected chi connectivity index (χ4v) is 6.71. The maximum Gasteiger partial charge on any atom is 0.302 e. The molecule has 2 bridgehead atoms. The maximum absolute atomic E-state index is 12.0. The summed E-state index contributed by atoms with van der Waals surface area (Å²) >= 11 is 0. The Bertz CT molecular complexity index is 1110. The molecule has 2 heterocycles. The molecule has 39 heavy (non-hydrogen) atoms. The Hall–Kier alpha value is -2.59. The highest BCUT2D eigenvalue weighted by molar-refractivity contribution is 8.76. The second kappa shape index (κ2) is 15.9. The lowest BCUT2D eigenvalue weighted by Crippen LogP contribution is -2.27. The van der Waals surface area contributed by atoms with Crippen LogP contribution >= 0.6 is 21.6 Å². The number of aromatic hydroxyl groups is 1. The predicted molar refractivity (Wildman–Crippen MR) is 157 cm³/mol. The van der Waals surface area contributed by atoms with E-state index >= 15 is 0 Å². The fourth-order valence-electron chi connectivity index (χ4n) is 4.83. The average Bonchev–Trinajstić information content (AvgIpc) is 2.91. The van der Waals surface area contributed by atoms with Gasteiger partial charge in [0.1, 0.15) is 18.0 Å². The second-order valence-corrected chi connectivity index (χ2v) is 12.2. The van der Waals surface area contributed by atoms with Gasteiger partial charge in [0.2, 0.25) is 0 Å². The largest absolute Gasteiger partial charge is 0.504 e. The van der Waals surface area contributed by atoms with E-state index in [0.29, 0.717) is 43.1 Å². The molecule has 0 amide bonds. The van der Waals surface area contributed by atoms with Crippen LogP contribution in [0.3, 0.4) is 0 Å². The van der Waals surface area contributed by atoms with E-state index < -0.39 is 6.10 Å². The van der Waals surface area contributed by atoms with Crippen LogP contribution in [-0.4, -0.2) is 47.2 Å². The van der Waals surface area contributed by atoms with E-state index in [1.54, 1.807) is 34.9 Å². The fraction of sp³-hybridized carbons (Fsp3) is 0.552. The van der Waals surface area contributed by atoms with Gasteiger partial charge in [0.25, 0.3) is 0 Å². The Morgan fingerprint density at radius 3 is 2.51 bits per heavy atom. The van der Waals surface area contributed by atoms with Gasteiger partial charge in [0.15, 0.2) is 11.5 Å². The van der Waals surface area contributed by atoms with Crippen molar-refractivity contribution in [2.24, 2.45) is 0 Å². The molecule has 1 aliphatic heterocycles. The molecule has 1 aromatic heterocycles. The van der Waals surface area contributed by atoms with Gasteiger partial charge in [0.05, 0.1) is 13.0 Å². The van der Waals surface area contributed by atoms with Crippen molar-refractivity contribution in [2.45, 2.75) is 90.1 Å². The predicted octanol–water partition coefficient (Wildman–Crippen LogP) is 6.42. The number of nitrogens with zero attached hydrogens (tertiary/aromatic N) is 1. The van der Waals surface area contributed by atoms with E-state index in [-0.39, 0.29) is 23.8 Å². The molecule has 0 radical (unpaired) electrons. The van der Waals surface area contributed by atoms with Gasteiger partial charge in [-0.15, -0.1) is 0 Å². The number of aryl methyl sites for hydroxylation is 1. The number of hydrogen-bond acceptors (Lipinski definition) is 10. The molecule has 10 heteroatoms. The van der Waals surface area contributed by atoms with E-state index in [9.17, 15) is 14.7 Å². The number of benzene rings is 1. The lowest BCUT2D eigenvalue weighted by atomic mass is 9.91. The Balaban J connectivity index is 1.89. The zero-order valence-corrected chi connectivity index (χ0v) is 24.9. The van der Waals surface area contributed by atoms with Crippen LogP contribution in [0.4, 0.5) is 5.82 Å². The number of aromatic nitrogens is 1. The lowest BCUT2D eigenvalue weighted by Gasteiger charge is -2.24. The maximum atomic E-state index is 12.0. The van der Waals surface area contributed by atoms with Crippen LogP contribution in [0.25, 0.3) is 0 Å². The third-order valence-corrected chi connectivity index (χ3v) is 8.70. The first-order valence-corrected chi connectivity index (χ1v) is 16.0. The molecule has 8 nitrogen and oxygen atoms in total. The number of hydrogen-bond donors (Lipinski definition) is 2. The molecule has 0 fully saturated rings. The summed E-state index contributed by atoms with van der Waals surface area (Å²) in [5.41, 5.74) is 3.97. The van der Waals surface area contributed by atoms with Crippen LogP contribution in [0.2, 0.25) is 0 Å². The number of esters is 2. The van der Waals surface area contributed by atoms with Crippen molar-refractivity contribution in [1.29, 1.82) is 0 Å². The van der Waals surface area contributed by atoms with Gasteiger partial charge in [-0.05, 0) is 60.6 Å². The van der Waals surface area contributed by atoms with Gasteiger partial charge < -0.3 is 24.6 Å². The molecule has 0 spiro atoms. The topological polar surface area (TPSA) is 107 Å². The number of phenols is 1. The standard InChI is InChI=1S/C29H40N2O6S2/c1-5-6-7-8-23(36-19(2)32)16-24(37-20(3)33)10-9-22-15-27(35-4)29(34)25-13-21-11-12-30-28(14-21)31-18-39-38-17-26(22)25/h11-12,14-15,23-24,34H,5-10,13,16-18H2,1-4H3,(H,30,31)/t23-,24+/m0/s1. The number of pyridine rings is 1. The number of phenolic OH excluding ortho intramolecular Hbond substituents is 1. The van der Waals surface area contributed by atoms with Crippen molar-refractivity contribution in [3.63, 3.8) is 0 Å². The molecule has 1 aromatic carbocycles. The minimum atomic E-state index is -0.402. The molecule has 1 aliphatic rings. The van der Waals surface area contributed by atoms with E-state index in [2.05, 4.69) is 17.2 Å². The summed E-state index contributed by atoms with van der Waals surface area (Å²) in [4.78, 5) is 28.1. The Kier molecular flexibility index (Phi) is 12.6. The number of ether oxygens (including phenoxy) is 3. The highest BCUT2D eigenvalue weighted by atomic mass is 33.1. The zero-order chi connectivity index (χ0) is 28.2. The Labute approximate surface area is 239 Å². The van der Waals surface area contributed by atoms with Crippen LogP contribution in [0.1, 0.15) is 81.5 Å². The zero-order valence-electron chi connectivity index (χ0n) is 23.3. The number of carbonyl (C=O) groups is 2. The van der Waals surface area contributed by atoms with E-state index in [1.165, 1.54) is 13.8 Å². The van der Waals surface area contributed by atoms with Gasteiger partial charge in [-0.3, -0.25) is 9.59 Å². The number of carbonyl (C=O) groups excluding carboxylic acids is 2. The van der Waals surface area contributed by atoms with E-state index in [0.717, 1.165) is 53.8 Å². The number of methoxy groups -OCH3 is 1. The number of unbranched alkanes of at least 4 members (excludes halogenated alkanes) is 2. The van der Waals surface area contributed by atoms with E-state index in [1.807, 2.05) is 18.2 Å². The molecule has 2 atom stereocenters. The normalized spacial score (nSPS) is 14.7. The summed E-state index contributed by atoms with van der Waals surface area (Å²) in [5, 5.41) is 14.5. The molecule has 3 rings (SSSR count). The minimum Gasteiger partial charge on any atom is -0.504 e. The van der Waals surface area contributed by atoms with Gasteiger partial charge in [0, 0.05) is 44.2 Å². The first-order chi connectivity index (χ1) is 18.8. The molecule has 0 saturated heterocycles. The van der Waals surface area contributed by atoms with Crippen LogP contribution in [0, 0.1) is 0 Å². The molecule has 214 valence electrons. The smallest absolute Gasteiger partial charge is 0.302 e. The van der Waals surface area contributed by atoms with Crippen LogP contribution in [0.5, 0.6) is 11.5 Å². The second-order valence-electron chi connectivity index (χ2n) is 9.70. The van der Waals surface area contributed by atoms with Crippen LogP contribution < -0.4 is 10.1 Å². The molecule has 2 aromatic rings. The third-order valence-electron chi connectivity index (χ3n) is 6.66. The quantitative estimate of drug-likeness (QED) is 0.167. The summed E-state index contributed by atoms with van der Waals surface area (Å²) in [6.45, 7) is 4.95. The van der Waals surface area contributed by atoms with Crippen LogP contribution in [0.15, 0.2) is 24.4 Å². The molecule has 0 unspecified atom stereocenters. The third kappa shape index (κ3) is 9.83. The Morgan fingerprint density at radius 2 is 1.82 bits per heavy atom. The first kappa shape index (κ1) is 30.9.